The summed E-state index contributed by atoms with van der Waals surface area (Å²) in [7, 11) is 4.55. The van der Waals surface area contributed by atoms with Crippen LogP contribution in [0.4, 0.5) is 10.5 Å². The van der Waals surface area contributed by atoms with Gasteiger partial charge in [-0.25, -0.2) is 4.79 Å². The second kappa shape index (κ2) is 8.55. The molecule has 29 heavy (non-hydrogen) atoms. The Kier molecular flexibility index (Phi) is 5.92. The molecule has 0 aliphatic rings. The Morgan fingerprint density at radius 3 is 2.10 bits per heavy atom. The molecule has 0 aliphatic carbocycles. The molecule has 0 unspecified atom stereocenters. The second-order valence-electron chi connectivity index (χ2n) is 6.08. The molecule has 3 rings (SSSR count). The lowest BCUT2D eigenvalue weighted by molar-refractivity contribution is 0.215. The van der Waals surface area contributed by atoms with Gasteiger partial charge in [-0.3, -0.25) is 10.1 Å². The summed E-state index contributed by atoms with van der Waals surface area (Å²) in [5.74, 6) is 1.74. The molecule has 0 spiro atoms. The minimum absolute atomic E-state index is 0.216. The van der Waals surface area contributed by atoms with Crippen molar-refractivity contribution in [1.29, 1.82) is 0 Å². The third-order valence-electron chi connectivity index (χ3n) is 4.43. The molecule has 0 saturated heterocycles. The second-order valence-corrected chi connectivity index (χ2v) is 6.08. The van der Waals surface area contributed by atoms with Crippen molar-refractivity contribution >= 4 is 22.6 Å². The van der Waals surface area contributed by atoms with Crippen LogP contribution in [0.1, 0.15) is 6.92 Å². The molecule has 1 heterocycles. The van der Waals surface area contributed by atoms with E-state index in [1.54, 1.807) is 43.5 Å². The van der Waals surface area contributed by atoms with Crippen LogP contribution in [0.5, 0.6) is 23.0 Å². The van der Waals surface area contributed by atoms with Crippen molar-refractivity contribution in [3.8, 4) is 23.0 Å². The monoisotopic (exact) mass is 398 g/mol. The van der Waals surface area contributed by atoms with Crippen LogP contribution in [0.2, 0.25) is 0 Å². The van der Waals surface area contributed by atoms with Gasteiger partial charge in [0.25, 0.3) is 5.56 Å². The Hall–Kier alpha value is -3.68. The van der Waals surface area contributed by atoms with Crippen molar-refractivity contribution in [2.45, 2.75) is 13.5 Å². The van der Waals surface area contributed by atoms with Crippen molar-refractivity contribution in [2.24, 2.45) is 0 Å². The largest absolute Gasteiger partial charge is 0.497 e. The van der Waals surface area contributed by atoms with Crippen LogP contribution >= 0.6 is 0 Å². The average molecular weight is 398 g/mol. The first-order chi connectivity index (χ1) is 14.0. The van der Waals surface area contributed by atoms with Crippen molar-refractivity contribution in [2.75, 3.05) is 26.6 Å². The number of fused-ring (bicyclic) bond motifs is 1. The smallest absolute Gasteiger partial charge is 0.417 e. The number of hydrogen-bond acceptors (Lipinski definition) is 6. The molecule has 3 aromatic rings. The Labute approximate surface area is 167 Å². The molecule has 1 N–H and O–H groups in total. The number of amides is 1. The summed E-state index contributed by atoms with van der Waals surface area (Å²) in [6, 6.07) is 10.0. The zero-order chi connectivity index (χ0) is 21.0. The number of carbonyl (C=O) groups is 1. The van der Waals surface area contributed by atoms with E-state index in [1.807, 2.05) is 6.92 Å². The van der Waals surface area contributed by atoms with Crippen molar-refractivity contribution < 1.29 is 23.7 Å². The number of nitrogens with zero attached hydrogens (tertiary/aromatic N) is 1. The molecule has 152 valence electrons. The van der Waals surface area contributed by atoms with E-state index in [-0.39, 0.29) is 11.3 Å². The van der Waals surface area contributed by atoms with Gasteiger partial charge in [0.05, 0.1) is 32.9 Å². The van der Waals surface area contributed by atoms with E-state index in [0.29, 0.717) is 40.3 Å². The van der Waals surface area contributed by atoms with Crippen LogP contribution < -0.4 is 29.8 Å². The van der Waals surface area contributed by atoms with Crippen molar-refractivity contribution in [1.82, 2.24) is 4.57 Å². The molecular weight excluding hydrogens is 376 g/mol. The normalized spacial score (nSPS) is 10.5. The van der Waals surface area contributed by atoms with E-state index in [1.165, 1.54) is 25.0 Å². The number of pyridine rings is 1. The quantitative estimate of drug-likeness (QED) is 0.682. The molecule has 8 heteroatoms. The first-order valence-corrected chi connectivity index (χ1v) is 8.92. The van der Waals surface area contributed by atoms with Gasteiger partial charge < -0.3 is 23.5 Å². The highest BCUT2D eigenvalue weighted by Gasteiger charge is 2.17. The van der Waals surface area contributed by atoms with E-state index in [4.69, 9.17) is 18.9 Å². The maximum Gasteiger partial charge on any atom is 0.417 e. The van der Waals surface area contributed by atoms with Gasteiger partial charge in [0.2, 0.25) is 0 Å². The SMILES string of the molecule is CCn1cc(OC(=O)Nc2ccc(OC)cc2)c2cc(OC)c(OC)cc2c1=O. The zero-order valence-corrected chi connectivity index (χ0v) is 16.6. The summed E-state index contributed by atoms with van der Waals surface area (Å²) >= 11 is 0. The fourth-order valence-electron chi connectivity index (χ4n) is 2.92. The molecule has 8 nitrogen and oxygen atoms in total. The van der Waals surface area contributed by atoms with Gasteiger partial charge in [-0.05, 0) is 43.3 Å². The Bertz CT molecular complexity index is 1090. The average Bonchev–Trinajstić information content (AvgIpc) is 2.75. The summed E-state index contributed by atoms with van der Waals surface area (Å²) in [6.07, 6.45) is 0.817. The molecule has 0 bridgehead atoms. The van der Waals surface area contributed by atoms with Gasteiger partial charge in [0.15, 0.2) is 17.2 Å². The van der Waals surface area contributed by atoms with Gasteiger partial charge >= 0.3 is 6.09 Å². The van der Waals surface area contributed by atoms with Gasteiger partial charge in [0.1, 0.15) is 5.75 Å². The van der Waals surface area contributed by atoms with Crippen molar-refractivity contribution in [3.05, 3.63) is 52.9 Å². The number of aromatic nitrogens is 1. The topological polar surface area (TPSA) is 88.0 Å². The number of hydrogen-bond donors (Lipinski definition) is 1. The summed E-state index contributed by atoms with van der Waals surface area (Å²) in [5.41, 5.74) is 0.328. The molecule has 0 saturated carbocycles. The lowest BCUT2D eigenvalue weighted by atomic mass is 10.1. The van der Waals surface area contributed by atoms with Crippen LogP contribution in [-0.2, 0) is 6.54 Å². The first-order valence-electron chi connectivity index (χ1n) is 8.92. The van der Waals surface area contributed by atoms with E-state index < -0.39 is 6.09 Å². The van der Waals surface area contributed by atoms with E-state index in [9.17, 15) is 9.59 Å². The van der Waals surface area contributed by atoms with Crippen LogP contribution in [0, 0.1) is 0 Å². The number of rotatable bonds is 6. The van der Waals surface area contributed by atoms with Gasteiger partial charge in [-0.15, -0.1) is 0 Å². The highest BCUT2D eigenvalue weighted by atomic mass is 16.6. The molecule has 0 radical (unpaired) electrons. The fourth-order valence-corrected chi connectivity index (χ4v) is 2.92. The molecule has 1 aromatic heterocycles. The van der Waals surface area contributed by atoms with Crippen LogP contribution in [0.15, 0.2) is 47.4 Å². The number of ether oxygens (including phenoxy) is 4. The summed E-state index contributed by atoms with van der Waals surface area (Å²) in [4.78, 5) is 25.1. The molecule has 1 amide bonds. The summed E-state index contributed by atoms with van der Waals surface area (Å²) in [6.45, 7) is 2.24. The van der Waals surface area contributed by atoms with Crippen LogP contribution in [-0.4, -0.2) is 32.0 Å². The number of carbonyl (C=O) groups excluding carboxylic acids is 1. The van der Waals surface area contributed by atoms with Gasteiger partial charge in [0, 0.05) is 17.6 Å². The lowest BCUT2D eigenvalue weighted by Crippen LogP contribution is -2.22. The van der Waals surface area contributed by atoms with E-state index >= 15 is 0 Å². The van der Waals surface area contributed by atoms with Crippen LogP contribution in [0.3, 0.4) is 0 Å². The lowest BCUT2D eigenvalue weighted by Gasteiger charge is -2.14. The molecule has 0 fully saturated rings. The minimum Gasteiger partial charge on any atom is -0.497 e. The molecule has 2 aromatic carbocycles. The van der Waals surface area contributed by atoms with Crippen molar-refractivity contribution in [3.63, 3.8) is 0 Å². The maximum atomic E-state index is 12.7. The Morgan fingerprint density at radius 2 is 1.55 bits per heavy atom. The molecule has 0 atom stereocenters. The highest BCUT2D eigenvalue weighted by Crippen LogP contribution is 2.35. The fraction of sp³-hybridized carbons (Fsp3) is 0.238. The number of methoxy groups -OCH3 is 3. The third kappa shape index (κ3) is 4.11. The standard InChI is InChI=1S/C21H22N2O6/c1-5-23-12-19(29-21(25)22-13-6-8-14(26-2)9-7-13)15-10-17(27-3)18(28-4)11-16(15)20(23)24/h6-12H,5H2,1-4H3,(H,22,25). The van der Waals surface area contributed by atoms with E-state index in [2.05, 4.69) is 5.32 Å². The molecule has 0 aliphatic heterocycles. The highest BCUT2D eigenvalue weighted by molar-refractivity contribution is 5.94. The Morgan fingerprint density at radius 1 is 0.931 bits per heavy atom. The zero-order valence-electron chi connectivity index (χ0n) is 16.6. The Balaban J connectivity index is 1.99. The van der Waals surface area contributed by atoms with E-state index in [0.717, 1.165) is 0 Å². The third-order valence-corrected chi connectivity index (χ3v) is 4.43. The number of nitrogens with one attached hydrogen (secondary N) is 1. The predicted octanol–water partition coefficient (Wildman–Crippen LogP) is 3.66. The summed E-state index contributed by atoms with van der Waals surface area (Å²) < 4.78 is 22.7. The number of aryl methyl sites for hydroxylation is 1. The maximum absolute atomic E-state index is 12.7. The first kappa shape index (κ1) is 20.1. The van der Waals surface area contributed by atoms with Gasteiger partial charge in [-0.1, -0.05) is 0 Å². The summed E-state index contributed by atoms with van der Waals surface area (Å²) in [5, 5.41) is 3.46. The molecular formula is C21H22N2O6. The number of benzene rings is 2. The minimum atomic E-state index is -0.687. The number of anilines is 1. The van der Waals surface area contributed by atoms with Gasteiger partial charge in [-0.2, -0.15) is 0 Å². The van der Waals surface area contributed by atoms with Crippen LogP contribution in [0.25, 0.3) is 10.8 Å². The predicted molar refractivity (Wildman–Crippen MR) is 110 cm³/mol.